The first-order chi connectivity index (χ1) is 8.56. The van der Waals surface area contributed by atoms with Gasteiger partial charge in [-0.15, -0.1) is 0 Å². The van der Waals surface area contributed by atoms with Crippen molar-refractivity contribution < 1.29 is 14.7 Å². The Balaban J connectivity index is 1.99. The number of pyridine rings is 1. The fraction of sp³-hybridized carbons (Fsp3) is 0.417. The van der Waals surface area contributed by atoms with Crippen molar-refractivity contribution in [2.24, 2.45) is 5.92 Å². The van der Waals surface area contributed by atoms with Gasteiger partial charge in [-0.1, -0.05) is 0 Å². The second kappa shape index (κ2) is 5.03. The summed E-state index contributed by atoms with van der Waals surface area (Å²) in [5.74, 6) is -0.868. The largest absolute Gasteiger partial charge is 0.477 e. The number of nitrogens with one attached hydrogen (secondary N) is 1. The van der Waals surface area contributed by atoms with Crippen molar-refractivity contribution in [3.8, 4) is 0 Å². The molecule has 0 aromatic carbocycles. The molecule has 0 bridgehead atoms. The second-order valence-corrected chi connectivity index (χ2v) is 4.45. The van der Waals surface area contributed by atoms with Crippen LogP contribution in [-0.4, -0.2) is 28.1 Å². The molecule has 6 nitrogen and oxygen atoms in total. The highest BCUT2D eigenvalue weighted by atomic mass is 16.4. The highest BCUT2D eigenvalue weighted by Gasteiger charge is 2.21. The molecule has 1 saturated carbocycles. The molecule has 1 aliphatic carbocycles. The van der Waals surface area contributed by atoms with E-state index in [1.54, 1.807) is 0 Å². The number of hydrogen-bond donors (Lipinski definition) is 2. The van der Waals surface area contributed by atoms with E-state index in [9.17, 15) is 14.4 Å². The molecule has 1 amide bonds. The first-order valence-corrected chi connectivity index (χ1v) is 5.76. The molecule has 6 heteroatoms. The van der Waals surface area contributed by atoms with Crippen LogP contribution in [-0.2, 0) is 11.3 Å². The molecule has 1 fully saturated rings. The molecule has 2 rings (SSSR count). The van der Waals surface area contributed by atoms with Crippen LogP contribution in [0.25, 0.3) is 0 Å². The third-order valence-electron chi connectivity index (χ3n) is 2.82. The Labute approximate surface area is 103 Å². The number of rotatable bonds is 5. The molecular weight excluding hydrogens is 236 g/mol. The predicted molar refractivity (Wildman–Crippen MR) is 63.4 cm³/mol. The van der Waals surface area contributed by atoms with E-state index in [0.29, 0.717) is 12.5 Å². The van der Waals surface area contributed by atoms with Crippen molar-refractivity contribution in [1.29, 1.82) is 0 Å². The van der Waals surface area contributed by atoms with Crippen LogP contribution in [0.3, 0.4) is 0 Å². The van der Waals surface area contributed by atoms with E-state index in [4.69, 9.17) is 5.11 Å². The lowest BCUT2D eigenvalue weighted by Crippen LogP contribution is -2.30. The Morgan fingerprint density at radius 1 is 1.44 bits per heavy atom. The summed E-state index contributed by atoms with van der Waals surface area (Å²) in [5.41, 5.74) is -0.885. The monoisotopic (exact) mass is 250 g/mol. The smallest absolute Gasteiger partial charge is 0.341 e. The van der Waals surface area contributed by atoms with Gasteiger partial charge >= 0.3 is 5.97 Å². The van der Waals surface area contributed by atoms with Gasteiger partial charge in [-0.05, 0) is 18.8 Å². The molecule has 0 atom stereocenters. The van der Waals surface area contributed by atoms with Crippen molar-refractivity contribution in [2.45, 2.75) is 19.4 Å². The topological polar surface area (TPSA) is 88.4 Å². The third-order valence-corrected chi connectivity index (χ3v) is 2.82. The Hall–Kier alpha value is -2.11. The highest BCUT2D eigenvalue weighted by molar-refractivity contribution is 5.87. The van der Waals surface area contributed by atoms with Gasteiger partial charge in [-0.2, -0.15) is 0 Å². The normalized spacial score (nSPS) is 14.2. The van der Waals surface area contributed by atoms with Crippen LogP contribution < -0.4 is 10.7 Å². The molecule has 0 radical (unpaired) electrons. The number of aromatic nitrogens is 1. The Morgan fingerprint density at radius 3 is 2.78 bits per heavy atom. The van der Waals surface area contributed by atoms with Crippen LogP contribution in [0.5, 0.6) is 0 Å². The van der Waals surface area contributed by atoms with Crippen LogP contribution in [0, 0.1) is 5.92 Å². The molecule has 1 heterocycles. The van der Waals surface area contributed by atoms with Crippen LogP contribution in [0.15, 0.2) is 23.3 Å². The molecule has 1 aromatic heterocycles. The van der Waals surface area contributed by atoms with Crippen LogP contribution in [0.1, 0.15) is 23.2 Å². The lowest BCUT2D eigenvalue weighted by molar-refractivity contribution is -0.121. The summed E-state index contributed by atoms with van der Waals surface area (Å²) in [7, 11) is 0. The first-order valence-electron chi connectivity index (χ1n) is 5.76. The minimum atomic E-state index is -1.28. The van der Waals surface area contributed by atoms with E-state index in [2.05, 4.69) is 5.32 Å². The molecule has 0 saturated heterocycles. The van der Waals surface area contributed by atoms with E-state index in [1.807, 2.05) is 0 Å². The average molecular weight is 250 g/mol. The quantitative estimate of drug-likeness (QED) is 0.774. The molecule has 1 aliphatic rings. The van der Waals surface area contributed by atoms with Gasteiger partial charge in [0.2, 0.25) is 5.91 Å². The zero-order valence-corrected chi connectivity index (χ0v) is 9.76. The first kappa shape index (κ1) is 12.3. The molecule has 96 valence electrons. The zero-order valence-electron chi connectivity index (χ0n) is 9.76. The Bertz CT molecular complexity index is 531. The molecule has 0 aliphatic heterocycles. The lowest BCUT2D eigenvalue weighted by atomic mass is 10.3. The zero-order chi connectivity index (χ0) is 13.1. The van der Waals surface area contributed by atoms with Crippen LogP contribution in [0.4, 0.5) is 0 Å². The fourth-order valence-corrected chi connectivity index (χ4v) is 1.59. The molecule has 0 spiro atoms. The van der Waals surface area contributed by atoms with Gasteiger partial charge in [0, 0.05) is 25.0 Å². The number of hydrogen-bond acceptors (Lipinski definition) is 3. The summed E-state index contributed by atoms with van der Waals surface area (Å²) < 4.78 is 1.40. The van der Waals surface area contributed by atoms with Gasteiger partial charge in [0.05, 0.1) is 0 Å². The van der Waals surface area contributed by atoms with Gasteiger partial charge in [-0.25, -0.2) is 4.79 Å². The number of carboxylic acid groups (broad SMARTS) is 1. The lowest BCUT2D eigenvalue weighted by Gasteiger charge is -2.07. The predicted octanol–water partition coefficient (Wildman–Crippen LogP) is 0.0727. The summed E-state index contributed by atoms with van der Waals surface area (Å²) >= 11 is 0. The van der Waals surface area contributed by atoms with E-state index in [0.717, 1.165) is 18.9 Å². The van der Waals surface area contributed by atoms with E-state index >= 15 is 0 Å². The van der Waals surface area contributed by atoms with Crippen LogP contribution >= 0.6 is 0 Å². The Morgan fingerprint density at radius 2 is 2.17 bits per heavy atom. The molecule has 1 aromatic rings. The standard InChI is InChI=1S/C12H14N2O4/c15-10-3-4-14(6-9(10)12(17)18)7-11(16)13-5-8-1-2-8/h3-4,6,8H,1-2,5,7H2,(H,13,16)(H,17,18). The number of carbonyl (C=O) groups is 2. The van der Waals surface area contributed by atoms with Gasteiger partial charge < -0.3 is 15.0 Å². The van der Waals surface area contributed by atoms with Gasteiger partial charge in [-0.3, -0.25) is 9.59 Å². The average Bonchev–Trinajstić information content (AvgIpc) is 3.12. The SMILES string of the molecule is O=C(Cn1ccc(=O)c(C(=O)O)c1)NCC1CC1. The van der Waals surface area contributed by atoms with E-state index in [-0.39, 0.29) is 18.0 Å². The fourth-order valence-electron chi connectivity index (χ4n) is 1.59. The van der Waals surface area contributed by atoms with Crippen molar-refractivity contribution in [1.82, 2.24) is 9.88 Å². The molecule has 0 unspecified atom stereocenters. The molecule has 2 N–H and O–H groups in total. The van der Waals surface area contributed by atoms with Gasteiger partial charge in [0.15, 0.2) is 5.43 Å². The van der Waals surface area contributed by atoms with Crippen molar-refractivity contribution in [3.05, 3.63) is 34.2 Å². The number of carboxylic acids is 1. The van der Waals surface area contributed by atoms with Crippen molar-refractivity contribution in [2.75, 3.05) is 6.54 Å². The van der Waals surface area contributed by atoms with Gasteiger partial charge in [0.25, 0.3) is 0 Å². The summed E-state index contributed by atoms with van der Waals surface area (Å²) in [6.07, 6.45) is 4.90. The third kappa shape index (κ3) is 3.19. The molecule has 18 heavy (non-hydrogen) atoms. The summed E-state index contributed by atoms with van der Waals surface area (Å²) in [6, 6.07) is 1.15. The summed E-state index contributed by atoms with van der Waals surface area (Å²) in [4.78, 5) is 33.5. The second-order valence-electron chi connectivity index (χ2n) is 4.45. The molecular formula is C12H14N2O4. The van der Waals surface area contributed by atoms with Crippen molar-refractivity contribution >= 4 is 11.9 Å². The van der Waals surface area contributed by atoms with E-state index in [1.165, 1.54) is 17.0 Å². The maximum absolute atomic E-state index is 11.6. The van der Waals surface area contributed by atoms with Gasteiger partial charge in [0.1, 0.15) is 12.1 Å². The number of carbonyl (C=O) groups excluding carboxylic acids is 1. The number of nitrogens with zero attached hydrogens (tertiary/aromatic N) is 1. The number of aromatic carboxylic acids is 1. The van der Waals surface area contributed by atoms with Crippen molar-refractivity contribution in [3.63, 3.8) is 0 Å². The van der Waals surface area contributed by atoms with E-state index < -0.39 is 11.4 Å². The maximum Gasteiger partial charge on any atom is 0.341 e. The minimum absolute atomic E-state index is 0.0211. The van der Waals surface area contributed by atoms with Crippen LogP contribution in [0.2, 0.25) is 0 Å². The highest BCUT2D eigenvalue weighted by Crippen LogP contribution is 2.27. The summed E-state index contributed by atoms with van der Waals surface area (Å²) in [6.45, 7) is 0.693. The minimum Gasteiger partial charge on any atom is -0.477 e. The summed E-state index contributed by atoms with van der Waals surface area (Å²) in [5, 5.41) is 11.6. The maximum atomic E-state index is 11.6. The number of amides is 1. The Kier molecular flexibility index (Phi) is 3.45.